The topological polar surface area (TPSA) is 60.7 Å². The van der Waals surface area contributed by atoms with Gasteiger partial charge in [-0.1, -0.05) is 18.2 Å². The molecule has 0 aliphatic carbocycles. The van der Waals surface area contributed by atoms with Gasteiger partial charge in [0.25, 0.3) is 5.91 Å². The summed E-state index contributed by atoms with van der Waals surface area (Å²) in [5, 5.41) is 5.19. The van der Waals surface area contributed by atoms with Crippen LogP contribution in [0, 0.1) is 13.8 Å². The van der Waals surface area contributed by atoms with Crippen LogP contribution in [0.4, 0.5) is 0 Å². The summed E-state index contributed by atoms with van der Waals surface area (Å²) in [7, 11) is 0. The van der Waals surface area contributed by atoms with E-state index >= 15 is 0 Å². The summed E-state index contributed by atoms with van der Waals surface area (Å²) in [6, 6.07) is 13.2. The summed E-state index contributed by atoms with van der Waals surface area (Å²) in [6.45, 7) is 3.74. The second-order valence-electron chi connectivity index (χ2n) is 6.01. The maximum absolute atomic E-state index is 13.3. The maximum Gasteiger partial charge on any atom is 0.279 e. The van der Waals surface area contributed by atoms with E-state index in [9.17, 15) is 4.79 Å². The Morgan fingerprint density at radius 2 is 1.81 bits per heavy atom. The molecule has 1 aromatic carbocycles. The molecule has 4 rings (SSSR count). The average molecular weight is 407 g/mol. The lowest BCUT2D eigenvalue weighted by molar-refractivity contribution is 0.0944. The third kappa shape index (κ3) is 2.72. The molecule has 0 N–H and O–H groups in total. The molecule has 3 heterocycles. The molecule has 0 aliphatic rings. The van der Waals surface area contributed by atoms with Crippen LogP contribution in [0.15, 0.2) is 59.3 Å². The first-order valence-electron chi connectivity index (χ1n) is 8.13. The number of pyridine rings is 2. The Hall–Kier alpha value is -2.86. The fraction of sp³-hybridized carbons (Fsp3) is 0.100. The molecule has 0 saturated heterocycles. The summed E-state index contributed by atoms with van der Waals surface area (Å²) in [5.74, 6) is -0.176. The highest BCUT2D eigenvalue weighted by atomic mass is 79.9. The predicted molar refractivity (Wildman–Crippen MR) is 104 cm³/mol. The van der Waals surface area contributed by atoms with E-state index < -0.39 is 0 Å². The lowest BCUT2D eigenvalue weighted by atomic mass is 10.0. The monoisotopic (exact) mass is 406 g/mol. The lowest BCUT2D eigenvalue weighted by Gasteiger charge is -2.10. The van der Waals surface area contributed by atoms with Gasteiger partial charge >= 0.3 is 0 Å². The van der Waals surface area contributed by atoms with Crippen LogP contribution < -0.4 is 0 Å². The van der Waals surface area contributed by atoms with Gasteiger partial charge in [-0.25, -0.2) is 4.98 Å². The highest BCUT2D eigenvalue weighted by Crippen LogP contribution is 2.27. The Kier molecular flexibility index (Phi) is 4.12. The van der Waals surface area contributed by atoms with Crippen molar-refractivity contribution < 1.29 is 4.79 Å². The van der Waals surface area contributed by atoms with Crippen molar-refractivity contribution in [2.24, 2.45) is 0 Å². The van der Waals surface area contributed by atoms with Gasteiger partial charge in [0.05, 0.1) is 32.6 Å². The van der Waals surface area contributed by atoms with E-state index in [4.69, 9.17) is 4.98 Å². The fourth-order valence-corrected chi connectivity index (χ4v) is 3.21. The second kappa shape index (κ2) is 6.46. The summed E-state index contributed by atoms with van der Waals surface area (Å²) >= 11 is 3.49. The molecule has 0 amide bonds. The van der Waals surface area contributed by atoms with Gasteiger partial charge in [-0.15, -0.1) is 0 Å². The molecule has 3 aromatic heterocycles. The number of nitrogens with zero attached hydrogens (tertiary/aromatic N) is 4. The highest BCUT2D eigenvalue weighted by Gasteiger charge is 2.20. The predicted octanol–water partition coefficient (Wildman–Crippen LogP) is 4.56. The van der Waals surface area contributed by atoms with Crippen molar-refractivity contribution in [3.05, 3.63) is 76.3 Å². The number of carbonyl (C=O) groups is 1. The van der Waals surface area contributed by atoms with Gasteiger partial charge in [-0.3, -0.25) is 9.78 Å². The van der Waals surface area contributed by atoms with E-state index in [1.807, 2.05) is 56.3 Å². The van der Waals surface area contributed by atoms with Crippen molar-refractivity contribution in [3.8, 4) is 11.3 Å². The van der Waals surface area contributed by atoms with Crippen molar-refractivity contribution in [2.75, 3.05) is 0 Å². The molecule has 0 atom stereocenters. The number of hydrogen-bond acceptors (Lipinski definition) is 4. The molecule has 128 valence electrons. The van der Waals surface area contributed by atoms with Gasteiger partial charge in [-0.05, 0) is 54.0 Å². The first-order chi connectivity index (χ1) is 12.6. The largest absolute Gasteiger partial charge is 0.279 e. The smallest absolute Gasteiger partial charge is 0.267 e. The highest BCUT2D eigenvalue weighted by molar-refractivity contribution is 9.10. The Labute approximate surface area is 158 Å². The zero-order chi connectivity index (χ0) is 18.3. The van der Waals surface area contributed by atoms with E-state index in [2.05, 4.69) is 26.0 Å². The molecule has 0 bridgehead atoms. The van der Waals surface area contributed by atoms with Crippen LogP contribution in [-0.4, -0.2) is 25.7 Å². The third-order valence-electron chi connectivity index (χ3n) is 4.32. The molecule has 26 heavy (non-hydrogen) atoms. The molecular formula is C20H15BrN4O. The molecular weight excluding hydrogens is 392 g/mol. The zero-order valence-corrected chi connectivity index (χ0v) is 15.9. The Morgan fingerprint density at radius 3 is 2.50 bits per heavy atom. The Balaban J connectivity index is 1.96. The van der Waals surface area contributed by atoms with Gasteiger partial charge in [0.2, 0.25) is 0 Å². The third-order valence-corrected chi connectivity index (χ3v) is 5.47. The summed E-state index contributed by atoms with van der Waals surface area (Å²) in [4.78, 5) is 22.0. The van der Waals surface area contributed by atoms with Crippen molar-refractivity contribution in [1.29, 1.82) is 0 Å². The minimum absolute atomic E-state index is 0.176. The number of para-hydroxylation sites is 1. The minimum atomic E-state index is -0.176. The van der Waals surface area contributed by atoms with Crippen molar-refractivity contribution in [1.82, 2.24) is 19.7 Å². The van der Waals surface area contributed by atoms with Crippen molar-refractivity contribution >= 4 is 32.7 Å². The van der Waals surface area contributed by atoms with Crippen LogP contribution in [0.5, 0.6) is 0 Å². The van der Waals surface area contributed by atoms with E-state index in [0.717, 1.165) is 38.0 Å². The van der Waals surface area contributed by atoms with Gasteiger partial charge < -0.3 is 0 Å². The Morgan fingerprint density at radius 1 is 1.08 bits per heavy atom. The number of benzene rings is 1. The first-order valence-corrected chi connectivity index (χ1v) is 8.92. The molecule has 4 aromatic rings. The molecule has 0 fully saturated rings. The number of rotatable bonds is 2. The van der Waals surface area contributed by atoms with E-state index in [1.54, 1.807) is 12.4 Å². The fourth-order valence-electron chi connectivity index (χ4n) is 2.96. The number of hydrogen-bond donors (Lipinski definition) is 0. The standard InChI is InChI=1S/C20H15BrN4O/c1-12-19(21)13(2)25(24-12)20(26)16-11-18(14-7-9-22-10-8-14)23-17-6-4-3-5-15(16)17/h3-11H,1-2H3. The molecule has 0 radical (unpaired) electrons. The number of halogens is 1. The molecule has 0 saturated carbocycles. The quantitative estimate of drug-likeness (QED) is 0.489. The van der Waals surface area contributed by atoms with Gasteiger partial charge in [0, 0.05) is 23.3 Å². The van der Waals surface area contributed by atoms with Crippen molar-refractivity contribution in [2.45, 2.75) is 13.8 Å². The normalized spacial score (nSPS) is 11.0. The number of aryl methyl sites for hydroxylation is 1. The second-order valence-corrected chi connectivity index (χ2v) is 6.80. The van der Waals surface area contributed by atoms with E-state index in [1.165, 1.54) is 4.68 Å². The summed E-state index contributed by atoms with van der Waals surface area (Å²) < 4.78 is 2.29. The van der Waals surface area contributed by atoms with Crippen LogP contribution in [0.25, 0.3) is 22.2 Å². The van der Waals surface area contributed by atoms with Crippen LogP contribution >= 0.6 is 15.9 Å². The van der Waals surface area contributed by atoms with Crippen LogP contribution in [0.3, 0.4) is 0 Å². The SMILES string of the molecule is Cc1nn(C(=O)c2cc(-c3ccncc3)nc3ccccc23)c(C)c1Br. The molecule has 5 nitrogen and oxygen atoms in total. The number of carbonyl (C=O) groups excluding carboxylic acids is 1. The van der Waals surface area contributed by atoms with Gasteiger partial charge in [-0.2, -0.15) is 9.78 Å². The average Bonchev–Trinajstić information content (AvgIpc) is 2.94. The minimum Gasteiger partial charge on any atom is -0.267 e. The lowest BCUT2D eigenvalue weighted by Crippen LogP contribution is -2.16. The summed E-state index contributed by atoms with van der Waals surface area (Å²) in [5.41, 5.74) is 4.54. The molecule has 0 aliphatic heterocycles. The molecule has 6 heteroatoms. The van der Waals surface area contributed by atoms with Crippen LogP contribution in [-0.2, 0) is 0 Å². The maximum atomic E-state index is 13.3. The van der Waals surface area contributed by atoms with E-state index in [-0.39, 0.29) is 5.91 Å². The van der Waals surface area contributed by atoms with Gasteiger partial charge in [0.15, 0.2) is 0 Å². The molecule has 0 spiro atoms. The van der Waals surface area contributed by atoms with Crippen LogP contribution in [0.1, 0.15) is 21.7 Å². The van der Waals surface area contributed by atoms with Gasteiger partial charge in [0.1, 0.15) is 0 Å². The summed E-state index contributed by atoms with van der Waals surface area (Å²) in [6.07, 6.45) is 3.43. The number of fused-ring (bicyclic) bond motifs is 1. The Bertz CT molecular complexity index is 1140. The van der Waals surface area contributed by atoms with Crippen molar-refractivity contribution in [3.63, 3.8) is 0 Å². The first kappa shape index (κ1) is 16.6. The molecule has 0 unspecified atom stereocenters. The van der Waals surface area contributed by atoms with Crippen LogP contribution in [0.2, 0.25) is 0 Å². The zero-order valence-electron chi connectivity index (χ0n) is 14.3. The van der Waals surface area contributed by atoms with E-state index in [0.29, 0.717) is 5.56 Å². The number of aromatic nitrogens is 4.